The van der Waals surface area contributed by atoms with Crippen LogP contribution in [0.15, 0.2) is 53.9 Å². The molecule has 0 saturated heterocycles. The van der Waals surface area contributed by atoms with Crippen LogP contribution in [0.3, 0.4) is 0 Å². The van der Waals surface area contributed by atoms with Crippen LogP contribution in [-0.4, -0.2) is 31.7 Å². The molecule has 0 radical (unpaired) electrons. The van der Waals surface area contributed by atoms with Gasteiger partial charge in [-0.05, 0) is 36.4 Å². The van der Waals surface area contributed by atoms with Crippen LogP contribution in [0.1, 0.15) is 5.56 Å². The van der Waals surface area contributed by atoms with Crippen LogP contribution < -0.4 is 19.5 Å². The van der Waals surface area contributed by atoms with Crippen molar-refractivity contribution in [1.29, 1.82) is 0 Å². The van der Waals surface area contributed by atoms with Crippen LogP contribution in [0.2, 0.25) is 0 Å². The second-order valence-electron chi connectivity index (χ2n) is 5.84. The van der Waals surface area contributed by atoms with Crippen molar-refractivity contribution in [3.63, 3.8) is 0 Å². The fraction of sp³-hybridized carbons (Fsp3) is 0.143. The van der Waals surface area contributed by atoms with E-state index in [1.807, 2.05) is 0 Å². The first-order valence-electron chi connectivity index (χ1n) is 8.71. The van der Waals surface area contributed by atoms with Gasteiger partial charge in [-0.3, -0.25) is 10.1 Å². The molecule has 0 bridgehead atoms. The molecule has 1 N–H and O–H groups in total. The molecule has 0 fully saturated rings. The number of ether oxygens (including phenoxy) is 3. The average Bonchev–Trinajstić information content (AvgIpc) is 3.20. The Balaban J connectivity index is 1.73. The van der Waals surface area contributed by atoms with E-state index in [1.54, 1.807) is 55.0 Å². The number of nitrogens with one attached hydrogen (secondary N) is 1. The number of thiazole rings is 1. The summed E-state index contributed by atoms with van der Waals surface area (Å²) in [6.07, 6.45) is 2.93. The van der Waals surface area contributed by atoms with Gasteiger partial charge in [-0.25, -0.2) is 4.98 Å². The van der Waals surface area contributed by atoms with E-state index in [-0.39, 0.29) is 5.75 Å². The third kappa shape index (κ3) is 5.32. The van der Waals surface area contributed by atoms with Crippen LogP contribution in [0.25, 0.3) is 17.3 Å². The lowest BCUT2D eigenvalue weighted by Crippen LogP contribution is -2.07. The highest BCUT2D eigenvalue weighted by molar-refractivity contribution is 7.14. The standard InChI is InChI=1S/C21H18F2N2O4S/c1-27-14-8-9-17(28-2)13(11-14)7-10-19(26)25-21-24-16(12-30-21)15-5-3-4-6-18(15)29-20(22)23/h3-12,20H,1-2H3,(H,24,25,26)/b10-7+. The quantitative estimate of drug-likeness (QED) is 0.503. The normalized spacial score (nSPS) is 11.0. The summed E-state index contributed by atoms with van der Waals surface area (Å²) in [4.78, 5) is 16.6. The zero-order valence-corrected chi connectivity index (χ0v) is 16.9. The summed E-state index contributed by atoms with van der Waals surface area (Å²) in [7, 11) is 3.08. The van der Waals surface area contributed by atoms with Crippen LogP contribution in [0.4, 0.5) is 13.9 Å². The van der Waals surface area contributed by atoms with E-state index < -0.39 is 12.5 Å². The Bertz CT molecular complexity index is 1050. The summed E-state index contributed by atoms with van der Waals surface area (Å²) >= 11 is 1.17. The number of halogens is 2. The summed E-state index contributed by atoms with van der Waals surface area (Å²) in [6.45, 7) is -2.94. The van der Waals surface area contributed by atoms with Crippen molar-refractivity contribution in [3.8, 4) is 28.5 Å². The van der Waals surface area contributed by atoms with E-state index in [4.69, 9.17) is 9.47 Å². The Kier molecular flexibility index (Phi) is 6.97. The lowest BCUT2D eigenvalue weighted by molar-refractivity contribution is -0.111. The van der Waals surface area contributed by atoms with Gasteiger partial charge >= 0.3 is 6.61 Å². The number of carbonyl (C=O) groups is 1. The predicted octanol–water partition coefficient (Wildman–Crippen LogP) is 5.08. The van der Waals surface area contributed by atoms with E-state index in [0.717, 1.165) is 0 Å². The maximum atomic E-state index is 12.6. The van der Waals surface area contributed by atoms with Crippen molar-refractivity contribution in [3.05, 3.63) is 59.5 Å². The second kappa shape index (κ2) is 9.84. The Morgan fingerprint density at radius 2 is 1.93 bits per heavy atom. The number of carbonyl (C=O) groups excluding carboxylic acids is 1. The number of aromatic nitrogens is 1. The lowest BCUT2D eigenvalue weighted by Gasteiger charge is -2.08. The molecule has 1 amide bonds. The maximum Gasteiger partial charge on any atom is 0.387 e. The number of hydrogen-bond acceptors (Lipinski definition) is 6. The van der Waals surface area contributed by atoms with E-state index in [1.165, 1.54) is 30.6 Å². The smallest absolute Gasteiger partial charge is 0.387 e. The van der Waals surface area contributed by atoms with Crippen molar-refractivity contribution < 1.29 is 27.8 Å². The van der Waals surface area contributed by atoms with Gasteiger partial charge in [-0.15, -0.1) is 11.3 Å². The molecule has 2 aromatic carbocycles. The molecular formula is C21H18F2N2O4S. The molecule has 6 nitrogen and oxygen atoms in total. The zero-order valence-electron chi connectivity index (χ0n) is 16.1. The fourth-order valence-corrected chi connectivity index (χ4v) is 3.33. The van der Waals surface area contributed by atoms with Gasteiger partial charge in [-0.2, -0.15) is 8.78 Å². The Hall–Kier alpha value is -3.46. The summed E-state index contributed by atoms with van der Waals surface area (Å²) in [5.41, 5.74) is 1.50. The van der Waals surface area contributed by atoms with Crippen molar-refractivity contribution in [1.82, 2.24) is 4.98 Å². The molecule has 0 aliphatic carbocycles. The largest absolute Gasteiger partial charge is 0.497 e. The SMILES string of the molecule is COc1ccc(OC)c(/C=C/C(=O)Nc2nc(-c3ccccc3OC(F)F)cs2)c1. The number of methoxy groups -OCH3 is 2. The molecule has 3 aromatic rings. The maximum absolute atomic E-state index is 12.6. The number of amides is 1. The van der Waals surface area contributed by atoms with Gasteiger partial charge in [0.15, 0.2) is 5.13 Å². The molecule has 0 aliphatic heterocycles. The molecule has 30 heavy (non-hydrogen) atoms. The number of anilines is 1. The number of para-hydroxylation sites is 1. The molecule has 0 atom stereocenters. The third-order valence-corrected chi connectivity index (χ3v) is 4.72. The van der Waals surface area contributed by atoms with Crippen LogP contribution in [0.5, 0.6) is 17.2 Å². The Morgan fingerprint density at radius 3 is 2.67 bits per heavy atom. The first kappa shape index (κ1) is 21.3. The number of alkyl halides is 2. The average molecular weight is 432 g/mol. The molecule has 1 heterocycles. The predicted molar refractivity (Wildman–Crippen MR) is 111 cm³/mol. The summed E-state index contributed by atoms with van der Waals surface area (Å²) in [5, 5.41) is 4.62. The van der Waals surface area contributed by atoms with E-state index in [2.05, 4.69) is 15.0 Å². The first-order chi connectivity index (χ1) is 14.5. The molecule has 3 rings (SSSR count). The Morgan fingerprint density at radius 1 is 1.13 bits per heavy atom. The van der Waals surface area contributed by atoms with Crippen LogP contribution >= 0.6 is 11.3 Å². The molecule has 0 spiro atoms. The minimum Gasteiger partial charge on any atom is -0.497 e. The second-order valence-corrected chi connectivity index (χ2v) is 6.70. The Labute approximate surface area is 175 Å². The van der Waals surface area contributed by atoms with Gasteiger partial charge in [0.25, 0.3) is 0 Å². The summed E-state index contributed by atoms with van der Waals surface area (Å²) < 4.78 is 40.2. The van der Waals surface area contributed by atoms with Gasteiger partial charge in [0.05, 0.1) is 19.9 Å². The molecule has 0 saturated carbocycles. The van der Waals surface area contributed by atoms with Gasteiger partial charge in [-0.1, -0.05) is 12.1 Å². The van der Waals surface area contributed by atoms with Crippen molar-refractivity contribution >= 4 is 28.5 Å². The molecule has 0 aliphatic rings. The van der Waals surface area contributed by atoms with Crippen LogP contribution in [0, 0.1) is 0 Å². The number of rotatable bonds is 8. The van der Waals surface area contributed by atoms with Crippen molar-refractivity contribution in [2.45, 2.75) is 6.61 Å². The van der Waals surface area contributed by atoms with Gasteiger partial charge in [0.2, 0.25) is 5.91 Å². The number of hydrogen-bond donors (Lipinski definition) is 1. The third-order valence-electron chi connectivity index (χ3n) is 3.96. The summed E-state index contributed by atoms with van der Waals surface area (Å²) in [6, 6.07) is 11.6. The van der Waals surface area contributed by atoms with E-state index >= 15 is 0 Å². The number of nitrogens with zero attached hydrogens (tertiary/aromatic N) is 1. The minimum atomic E-state index is -2.94. The topological polar surface area (TPSA) is 69.7 Å². The monoisotopic (exact) mass is 432 g/mol. The highest BCUT2D eigenvalue weighted by Gasteiger charge is 2.14. The van der Waals surface area contributed by atoms with Gasteiger partial charge < -0.3 is 14.2 Å². The van der Waals surface area contributed by atoms with Gasteiger partial charge in [0, 0.05) is 22.6 Å². The van der Waals surface area contributed by atoms with E-state index in [9.17, 15) is 13.6 Å². The molecular weight excluding hydrogens is 414 g/mol. The molecule has 0 unspecified atom stereocenters. The molecule has 9 heteroatoms. The highest BCUT2D eigenvalue weighted by Crippen LogP contribution is 2.33. The van der Waals surface area contributed by atoms with Crippen molar-refractivity contribution in [2.24, 2.45) is 0 Å². The highest BCUT2D eigenvalue weighted by atomic mass is 32.1. The fourth-order valence-electron chi connectivity index (χ4n) is 2.61. The zero-order chi connectivity index (χ0) is 21.5. The minimum absolute atomic E-state index is 0.0145. The van der Waals surface area contributed by atoms with Crippen LogP contribution in [-0.2, 0) is 4.79 Å². The van der Waals surface area contributed by atoms with Crippen molar-refractivity contribution in [2.75, 3.05) is 19.5 Å². The lowest BCUT2D eigenvalue weighted by atomic mass is 10.1. The van der Waals surface area contributed by atoms with E-state index in [0.29, 0.717) is 33.5 Å². The van der Waals surface area contributed by atoms with Gasteiger partial charge in [0.1, 0.15) is 17.2 Å². The molecule has 1 aromatic heterocycles. The summed E-state index contributed by atoms with van der Waals surface area (Å²) in [5.74, 6) is 0.829. The molecule has 156 valence electrons. The number of benzene rings is 2. The first-order valence-corrected chi connectivity index (χ1v) is 9.59.